The number of nitrogens with zero attached hydrogens (tertiary/aromatic N) is 1. The number of ketones is 1. The summed E-state index contributed by atoms with van der Waals surface area (Å²) in [6.45, 7) is 3.35. The van der Waals surface area contributed by atoms with Crippen LogP contribution in [-0.4, -0.2) is 22.9 Å². The summed E-state index contributed by atoms with van der Waals surface area (Å²) in [5.74, 6) is -0.771. The van der Waals surface area contributed by atoms with Gasteiger partial charge < -0.3 is 9.30 Å². The van der Waals surface area contributed by atoms with Crippen molar-refractivity contribution >= 4 is 33.6 Å². The minimum absolute atomic E-state index is 0.0732. The van der Waals surface area contributed by atoms with Crippen LogP contribution in [0.15, 0.2) is 71.5 Å². The highest BCUT2D eigenvalue weighted by Gasteiger charge is 2.16. The van der Waals surface area contributed by atoms with E-state index < -0.39 is 5.97 Å². The van der Waals surface area contributed by atoms with Gasteiger partial charge in [0.2, 0.25) is 5.78 Å². The zero-order chi connectivity index (χ0) is 21.3. The molecule has 3 aromatic carbocycles. The summed E-state index contributed by atoms with van der Waals surface area (Å²) >= 11 is 0. The van der Waals surface area contributed by atoms with Crippen LogP contribution in [0, 0.1) is 13.8 Å². The molecule has 150 valence electrons. The number of carbonyl (C=O) groups excluding carboxylic acids is 2. The SMILES string of the molecule is Cc1ccc(C)c(C(=O)COC(=O)Cn2c3ccccc3c(=O)c3ccccc32)c1. The molecule has 0 aliphatic heterocycles. The van der Waals surface area contributed by atoms with Crippen LogP contribution in [0.5, 0.6) is 0 Å². The number of Topliss-reactive ketones (excluding diaryl/α,β-unsaturated/α-hetero) is 1. The summed E-state index contributed by atoms with van der Waals surface area (Å²) in [5.41, 5.74) is 3.61. The largest absolute Gasteiger partial charge is 0.456 e. The fraction of sp³-hybridized carbons (Fsp3) is 0.160. The van der Waals surface area contributed by atoms with Gasteiger partial charge in [-0.05, 0) is 49.7 Å². The molecule has 30 heavy (non-hydrogen) atoms. The van der Waals surface area contributed by atoms with Crippen LogP contribution in [0.25, 0.3) is 21.8 Å². The first-order chi connectivity index (χ1) is 14.5. The molecule has 0 atom stereocenters. The van der Waals surface area contributed by atoms with Gasteiger partial charge in [-0.25, -0.2) is 0 Å². The van der Waals surface area contributed by atoms with E-state index in [-0.39, 0.29) is 24.4 Å². The Morgan fingerprint density at radius 1 is 0.867 bits per heavy atom. The van der Waals surface area contributed by atoms with Gasteiger partial charge in [-0.15, -0.1) is 0 Å². The van der Waals surface area contributed by atoms with Crippen LogP contribution in [-0.2, 0) is 16.1 Å². The number of benzene rings is 3. The predicted molar refractivity (Wildman–Crippen MR) is 117 cm³/mol. The van der Waals surface area contributed by atoms with E-state index in [9.17, 15) is 14.4 Å². The van der Waals surface area contributed by atoms with Crippen molar-refractivity contribution in [2.24, 2.45) is 0 Å². The van der Waals surface area contributed by atoms with E-state index in [1.165, 1.54) is 0 Å². The topological polar surface area (TPSA) is 65.4 Å². The molecule has 0 amide bonds. The highest BCUT2D eigenvalue weighted by atomic mass is 16.5. The maximum Gasteiger partial charge on any atom is 0.326 e. The quantitative estimate of drug-likeness (QED) is 0.287. The molecular formula is C25H21NO4. The van der Waals surface area contributed by atoms with Crippen molar-refractivity contribution in [3.05, 3.63) is 93.6 Å². The van der Waals surface area contributed by atoms with Crippen LogP contribution >= 0.6 is 0 Å². The van der Waals surface area contributed by atoms with E-state index in [4.69, 9.17) is 4.74 Å². The molecule has 0 N–H and O–H groups in total. The molecule has 5 heteroatoms. The Labute approximate surface area is 173 Å². The maximum absolute atomic E-state index is 12.8. The van der Waals surface area contributed by atoms with Crippen molar-refractivity contribution in [2.45, 2.75) is 20.4 Å². The lowest BCUT2D eigenvalue weighted by molar-refractivity contribution is -0.143. The Kier molecular flexibility index (Phi) is 5.19. The van der Waals surface area contributed by atoms with E-state index >= 15 is 0 Å². The fourth-order valence-electron chi connectivity index (χ4n) is 3.68. The smallest absolute Gasteiger partial charge is 0.326 e. The molecule has 0 unspecified atom stereocenters. The number of pyridine rings is 1. The van der Waals surface area contributed by atoms with Crippen molar-refractivity contribution in [3.63, 3.8) is 0 Å². The Hall–Kier alpha value is -3.73. The van der Waals surface area contributed by atoms with Crippen LogP contribution in [0.3, 0.4) is 0 Å². The average Bonchev–Trinajstić information content (AvgIpc) is 2.76. The number of ether oxygens (including phenoxy) is 1. The summed E-state index contributed by atoms with van der Waals surface area (Å²) < 4.78 is 7.06. The van der Waals surface area contributed by atoms with Crippen LogP contribution in [0.1, 0.15) is 21.5 Å². The highest BCUT2D eigenvalue weighted by molar-refractivity contribution is 5.99. The molecule has 0 aliphatic carbocycles. The normalized spacial score (nSPS) is 11.0. The van der Waals surface area contributed by atoms with Crippen molar-refractivity contribution in [2.75, 3.05) is 6.61 Å². The Morgan fingerprint density at radius 2 is 1.47 bits per heavy atom. The molecule has 0 fully saturated rings. The van der Waals surface area contributed by atoms with Crippen molar-refractivity contribution < 1.29 is 14.3 Å². The molecule has 1 heterocycles. The lowest BCUT2D eigenvalue weighted by atomic mass is 10.0. The van der Waals surface area contributed by atoms with Crippen molar-refractivity contribution in [1.82, 2.24) is 4.57 Å². The summed E-state index contributed by atoms with van der Waals surface area (Å²) in [4.78, 5) is 37.9. The molecule has 0 spiro atoms. The molecule has 5 nitrogen and oxygen atoms in total. The second kappa shape index (κ2) is 7.95. The number of rotatable bonds is 5. The predicted octanol–water partition coefficient (Wildman–Crippen LogP) is 4.20. The third-order valence-electron chi connectivity index (χ3n) is 5.22. The zero-order valence-corrected chi connectivity index (χ0v) is 16.8. The molecule has 0 radical (unpaired) electrons. The number of hydrogen-bond donors (Lipinski definition) is 0. The minimum atomic E-state index is -0.535. The van der Waals surface area contributed by atoms with Gasteiger partial charge in [0.05, 0.1) is 11.0 Å². The van der Waals surface area contributed by atoms with E-state index in [1.54, 1.807) is 47.0 Å². The fourth-order valence-corrected chi connectivity index (χ4v) is 3.68. The van der Waals surface area contributed by atoms with Gasteiger partial charge in [-0.2, -0.15) is 0 Å². The lowest BCUT2D eigenvalue weighted by Crippen LogP contribution is -2.21. The zero-order valence-electron chi connectivity index (χ0n) is 16.8. The number of aromatic nitrogens is 1. The van der Waals surface area contributed by atoms with Gasteiger partial charge in [-0.1, -0.05) is 42.0 Å². The second-order valence-corrected chi connectivity index (χ2v) is 7.35. The summed E-state index contributed by atoms with van der Waals surface area (Å²) in [6, 6.07) is 19.9. The van der Waals surface area contributed by atoms with E-state index in [1.807, 2.05) is 38.1 Å². The first-order valence-corrected chi connectivity index (χ1v) is 9.72. The third kappa shape index (κ3) is 3.62. The standard InChI is InChI=1S/C25H21NO4/c1-16-11-12-17(2)20(13-16)23(27)15-30-24(28)14-26-21-9-5-3-7-18(21)25(29)19-8-4-6-10-22(19)26/h3-13H,14-15H2,1-2H3. The first kappa shape index (κ1) is 19.6. The van der Waals surface area contributed by atoms with Gasteiger partial charge in [0, 0.05) is 16.3 Å². The van der Waals surface area contributed by atoms with Crippen LogP contribution < -0.4 is 5.43 Å². The number of aryl methyl sites for hydroxylation is 2. The number of esters is 1. The van der Waals surface area contributed by atoms with Crippen LogP contribution in [0.4, 0.5) is 0 Å². The minimum Gasteiger partial charge on any atom is -0.456 e. The molecular weight excluding hydrogens is 378 g/mol. The van der Waals surface area contributed by atoms with E-state index in [0.29, 0.717) is 27.4 Å². The second-order valence-electron chi connectivity index (χ2n) is 7.35. The number of para-hydroxylation sites is 2. The maximum atomic E-state index is 12.8. The lowest BCUT2D eigenvalue weighted by Gasteiger charge is -2.14. The van der Waals surface area contributed by atoms with Gasteiger partial charge in [0.1, 0.15) is 6.54 Å². The molecule has 0 saturated carbocycles. The molecule has 0 saturated heterocycles. The Balaban J connectivity index is 1.62. The summed E-state index contributed by atoms with van der Waals surface area (Å²) in [6.07, 6.45) is 0. The van der Waals surface area contributed by atoms with E-state index in [0.717, 1.165) is 11.1 Å². The summed E-state index contributed by atoms with van der Waals surface area (Å²) in [7, 11) is 0. The van der Waals surface area contributed by atoms with Gasteiger partial charge in [0.25, 0.3) is 0 Å². The average molecular weight is 399 g/mol. The van der Waals surface area contributed by atoms with Crippen molar-refractivity contribution in [1.29, 1.82) is 0 Å². The van der Waals surface area contributed by atoms with Gasteiger partial charge in [0.15, 0.2) is 12.0 Å². The molecule has 1 aromatic heterocycles. The molecule has 0 bridgehead atoms. The number of fused-ring (bicyclic) bond motifs is 2. The summed E-state index contributed by atoms with van der Waals surface area (Å²) in [5, 5.41) is 1.07. The Bertz CT molecular complexity index is 1290. The molecule has 4 rings (SSSR count). The number of carbonyl (C=O) groups is 2. The van der Waals surface area contributed by atoms with E-state index in [2.05, 4.69) is 0 Å². The first-order valence-electron chi connectivity index (χ1n) is 9.72. The Morgan fingerprint density at radius 3 is 2.10 bits per heavy atom. The van der Waals surface area contributed by atoms with Crippen LogP contribution in [0.2, 0.25) is 0 Å². The molecule has 0 aliphatic rings. The highest BCUT2D eigenvalue weighted by Crippen LogP contribution is 2.19. The third-order valence-corrected chi connectivity index (χ3v) is 5.22. The van der Waals surface area contributed by atoms with Crippen molar-refractivity contribution in [3.8, 4) is 0 Å². The number of hydrogen-bond acceptors (Lipinski definition) is 4. The monoisotopic (exact) mass is 399 g/mol. The van der Waals surface area contributed by atoms with Gasteiger partial charge >= 0.3 is 5.97 Å². The molecule has 4 aromatic rings. The van der Waals surface area contributed by atoms with Gasteiger partial charge in [-0.3, -0.25) is 14.4 Å².